The molecule has 0 aliphatic rings. The predicted octanol–water partition coefficient (Wildman–Crippen LogP) is 7.76. The summed E-state index contributed by atoms with van der Waals surface area (Å²) in [6, 6.07) is 27.4. The minimum Gasteiger partial charge on any atom is -0.462 e. The second-order valence-corrected chi connectivity index (χ2v) is 10.1. The number of rotatable bonds is 11. The van der Waals surface area contributed by atoms with Crippen molar-refractivity contribution < 1.29 is 14.3 Å². The summed E-state index contributed by atoms with van der Waals surface area (Å²) < 4.78 is 13.9. The molecule has 2 heterocycles. The van der Waals surface area contributed by atoms with E-state index in [4.69, 9.17) is 9.47 Å². The van der Waals surface area contributed by atoms with E-state index in [1.54, 1.807) is 19.2 Å². The molecule has 0 unspecified atom stereocenters. The molecule has 0 spiro atoms. The van der Waals surface area contributed by atoms with E-state index in [0.29, 0.717) is 28.9 Å². The number of nitriles is 1. The summed E-state index contributed by atoms with van der Waals surface area (Å²) in [7, 11) is 0. The van der Waals surface area contributed by atoms with Crippen molar-refractivity contribution in [2.45, 2.75) is 34.2 Å². The van der Waals surface area contributed by atoms with Gasteiger partial charge in [0.25, 0.3) is 0 Å². The van der Waals surface area contributed by atoms with E-state index in [1.807, 2.05) is 48.5 Å². The Balaban J connectivity index is 1.65. The van der Waals surface area contributed by atoms with Crippen LogP contribution in [0, 0.1) is 18.3 Å². The first-order chi connectivity index (χ1) is 21.0. The lowest BCUT2D eigenvalue weighted by molar-refractivity contribution is 0.0526. The Morgan fingerprint density at radius 1 is 1.00 bits per heavy atom. The molecule has 8 nitrogen and oxygen atoms in total. The SMILES string of the molecule is CCOC(=O)c1c(CN(CC)CC)n(-c2ccc(C)cc2)c2ccc(Oc3nccc(Nc4ccccc4)c3C#N)cc12. The number of ether oxygens (including phenoxy) is 2. The maximum absolute atomic E-state index is 13.6. The third kappa shape index (κ3) is 6.22. The summed E-state index contributed by atoms with van der Waals surface area (Å²) >= 11 is 0. The fourth-order valence-corrected chi connectivity index (χ4v) is 5.14. The smallest absolute Gasteiger partial charge is 0.340 e. The number of esters is 1. The summed E-state index contributed by atoms with van der Waals surface area (Å²) in [6.07, 6.45) is 1.60. The van der Waals surface area contributed by atoms with Gasteiger partial charge in [0.15, 0.2) is 0 Å². The molecule has 43 heavy (non-hydrogen) atoms. The fraction of sp³-hybridized carbons (Fsp3) is 0.229. The molecular weight excluding hydrogens is 538 g/mol. The molecule has 2 aromatic heterocycles. The van der Waals surface area contributed by atoms with Crippen LogP contribution in [0.2, 0.25) is 0 Å². The number of para-hydroxylation sites is 1. The topological polar surface area (TPSA) is 92.4 Å². The van der Waals surface area contributed by atoms with E-state index < -0.39 is 0 Å². The van der Waals surface area contributed by atoms with Crippen molar-refractivity contribution in [2.24, 2.45) is 0 Å². The van der Waals surface area contributed by atoms with Crippen LogP contribution < -0.4 is 10.1 Å². The maximum Gasteiger partial charge on any atom is 0.340 e. The lowest BCUT2D eigenvalue weighted by atomic mass is 10.1. The highest BCUT2D eigenvalue weighted by Gasteiger charge is 2.26. The van der Waals surface area contributed by atoms with Gasteiger partial charge in [0.1, 0.15) is 17.4 Å². The number of nitrogens with zero attached hydrogens (tertiary/aromatic N) is 4. The first-order valence-electron chi connectivity index (χ1n) is 14.5. The van der Waals surface area contributed by atoms with Gasteiger partial charge in [-0.15, -0.1) is 0 Å². The highest BCUT2D eigenvalue weighted by Crippen LogP contribution is 2.36. The Kier molecular flexibility index (Phi) is 9.04. The standard InChI is InChI=1S/C35H35N5O3/c1-5-39(6-2)23-32-33(35(41)42-7-3)28-21-27(17-18-31(28)40(32)26-15-13-24(4)14-16-26)43-34-29(22-36)30(19-20-37-34)38-25-11-9-8-10-12-25/h8-21H,5-7,23H2,1-4H3,(H,37,38). The molecule has 0 aliphatic carbocycles. The van der Waals surface area contributed by atoms with E-state index >= 15 is 0 Å². The Hall–Kier alpha value is -5.13. The zero-order valence-corrected chi connectivity index (χ0v) is 24.9. The van der Waals surface area contributed by atoms with Crippen LogP contribution in [0.1, 0.15) is 48.0 Å². The molecule has 8 heteroatoms. The first kappa shape index (κ1) is 29.4. The summed E-state index contributed by atoms with van der Waals surface area (Å²) in [5, 5.41) is 14.0. The van der Waals surface area contributed by atoms with E-state index in [2.05, 4.69) is 70.9 Å². The van der Waals surface area contributed by atoms with E-state index in [9.17, 15) is 10.1 Å². The molecule has 0 saturated carbocycles. The van der Waals surface area contributed by atoms with Gasteiger partial charge in [0.2, 0.25) is 5.88 Å². The van der Waals surface area contributed by atoms with Crippen molar-refractivity contribution >= 4 is 28.2 Å². The van der Waals surface area contributed by atoms with Crippen molar-refractivity contribution in [1.82, 2.24) is 14.5 Å². The summed E-state index contributed by atoms with van der Waals surface area (Å²) in [6.45, 7) is 10.6. The number of aryl methyl sites for hydroxylation is 1. The first-order valence-corrected chi connectivity index (χ1v) is 14.5. The Morgan fingerprint density at radius 2 is 1.74 bits per heavy atom. The third-order valence-electron chi connectivity index (χ3n) is 7.37. The van der Waals surface area contributed by atoms with Gasteiger partial charge in [0, 0.05) is 29.5 Å². The zero-order chi connectivity index (χ0) is 30.3. The van der Waals surface area contributed by atoms with Gasteiger partial charge in [-0.05, 0) is 75.5 Å². The van der Waals surface area contributed by atoms with Gasteiger partial charge in [-0.1, -0.05) is 49.7 Å². The predicted molar refractivity (Wildman–Crippen MR) is 169 cm³/mol. The van der Waals surface area contributed by atoms with Crippen molar-refractivity contribution in [1.29, 1.82) is 5.26 Å². The third-order valence-corrected chi connectivity index (χ3v) is 7.37. The maximum atomic E-state index is 13.6. The van der Waals surface area contributed by atoms with E-state index in [0.717, 1.165) is 41.2 Å². The highest BCUT2D eigenvalue weighted by atomic mass is 16.5. The molecule has 0 amide bonds. The summed E-state index contributed by atoms with van der Waals surface area (Å²) in [5.74, 6) is 0.235. The molecule has 1 N–H and O–H groups in total. The molecule has 0 radical (unpaired) electrons. The molecule has 0 saturated heterocycles. The summed E-state index contributed by atoms with van der Waals surface area (Å²) in [4.78, 5) is 20.2. The molecule has 0 fully saturated rings. The Bertz CT molecular complexity index is 1770. The number of carbonyl (C=O) groups excluding carboxylic acids is 1. The minimum atomic E-state index is -0.387. The number of carbonyl (C=O) groups is 1. The van der Waals surface area contributed by atoms with Crippen LogP contribution in [0.5, 0.6) is 11.6 Å². The molecular formula is C35H35N5O3. The molecule has 0 aliphatic heterocycles. The van der Waals surface area contributed by atoms with Gasteiger partial charge in [-0.2, -0.15) is 5.26 Å². The fourth-order valence-electron chi connectivity index (χ4n) is 5.14. The molecule has 5 aromatic rings. The molecule has 3 aromatic carbocycles. The van der Waals surface area contributed by atoms with E-state index in [1.165, 1.54) is 0 Å². The van der Waals surface area contributed by atoms with Gasteiger partial charge in [-0.25, -0.2) is 9.78 Å². The normalized spacial score (nSPS) is 11.0. The van der Waals surface area contributed by atoms with Crippen molar-refractivity contribution in [3.05, 3.63) is 107 Å². The van der Waals surface area contributed by atoms with Crippen molar-refractivity contribution in [3.63, 3.8) is 0 Å². The van der Waals surface area contributed by atoms with Gasteiger partial charge in [-0.3, -0.25) is 4.90 Å². The number of aromatic nitrogens is 2. The van der Waals surface area contributed by atoms with E-state index in [-0.39, 0.29) is 24.0 Å². The Morgan fingerprint density at radius 3 is 2.42 bits per heavy atom. The molecule has 218 valence electrons. The largest absolute Gasteiger partial charge is 0.462 e. The lowest BCUT2D eigenvalue weighted by Gasteiger charge is -2.21. The van der Waals surface area contributed by atoms with Crippen molar-refractivity contribution in [3.8, 4) is 23.4 Å². The van der Waals surface area contributed by atoms with Crippen LogP contribution in [0.3, 0.4) is 0 Å². The van der Waals surface area contributed by atoms with Gasteiger partial charge < -0.3 is 19.4 Å². The second-order valence-electron chi connectivity index (χ2n) is 10.1. The monoisotopic (exact) mass is 573 g/mol. The average molecular weight is 574 g/mol. The highest BCUT2D eigenvalue weighted by molar-refractivity contribution is 6.07. The average Bonchev–Trinajstić information content (AvgIpc) is 3.34. The number of fused-ring (bicyclic) bond motifs is 1. The minimum absolute atomic E-state index is 0.168. The van der Waals surface area contributed by atoms with Crippen LogP contribution in [0.25, 0.3) is 16.6 Å². The van der Waals surface area contributed by atoms with Crippen LogP contribution in [-0.2, 0) is 11.3 Å². The number of pyridine rings is 1. The number of benzene rings is 3. The van der Waals surface area contributed by atoms with Crippen LogP contribution in [0.4, 0.5) is 11.4 Å². The number of hydrogen-bond donors (Lipinski definition) is 1. The molecule has 0 bridgehead atoms. The van der Waals surface area contributed by atoms with Gasteiger partial charge in [0.05, 0.1) is 29.1 Å². The molecule has 5 rings (SSSR count). The van der Waals surface area contributed by atoms with Crippen LogP contribution in [-0.4, -0.2) is 40.1 Å². The summed E-state index contributed by atoms with van der Waals surface area (Å²) in [5.41, 5.74) is 6.01. The Labute approximate surface area is 252 Å². The number of nitrogens with one attached hydrogen (secondary N) is 1. The number of hydrogen-bond acceptors (Lipinski definition) is 7. The quantitative estimate of drug-likeness (QED) is 0.161. The lowest BCUT2D eigenvalue weighted by Crippen LogP contribution is -2.25. The second kappa shape index (κ2) is 13.2. The van der Waals surface area contributed by atoms with Gasteiger partial charge >= 0.3 is 5.97 Å². The van der Waals surface area contributed by atoms with Crippen molar-refractivity contribution in [2.75, 3.05) is 25.0 Å². The number of anilines is 2. The van der Waals surface area contributed by atoms with Crippen LogP contribution >= 0.6 is 0 Å². The zero-order valence-electron chi connectivity index (χ0n) is 24.9. The molecule has 0 atom stereocenters. The van der Waals surface area contributed by atoms with Crippen LogP contribution in [0.15, 0.2) is 85.1 Å².